The predicted molar refractivity (Wildman–Crippen MR) is 122 cm³/mol. The first kappa shape index (κ1) is 20.7. The molecule has 2 N–H and O–H groups in total. The van der Waals surface area contributed by atoms with E-state index in [-0.39, 0.29) is 11.7 Å². The van der Waals surface area contributed by atoms with Crippen molar-refractivity contribution in [1.82, 2.24) is 15.2 Å². The van der Waals surface area contributed by atoms with Crippen LogP contribution in [0, 0.1) is 5.82 Å². The van der Waals surface area contributed by atoms with Gasteiger partial charge >= 0.3 is 0 Å². The number of halogens is 2. The van der Waals surface area contributed by atoms with Gasteiger partial charge in [-0.1, -0.05) is 30.3 Å². The fourth-order valence-electron chi connectivity index (χ4n) is 5.42. The molecule has 1 unspecified atom stereocenters. The van der Waals surface area contributed by atoms with Crippen LogP contribution in [0.2, 0.25) is 0 Å². The zero-order valence-electron chi connectivity index (χ0n) is 17.9. The summed E-state index contributed by atoms with van der Waals surface area (Å²) in [6.07, 6.45) is 2.85. The van der Waals surface area contributed by atoms with Crippen LogP contribution in [-0.4, -0.2) is 48.8 Å². The van der Waals surface area contributed by atoms with Crippen molar-refractivity contribution in [3.63, 3.8) is 0 Å². The highest BCUT2D eigenvalue weighted by Crippen LogP contribution is 2.40. The van der Waals surface area contributed by atoms with Crippen molar-refractivity contribution < 1.29 is 8.78 Å². The van der Waals surface area contributed by atoms with Gasteiger partial charge in [0.1, 0.15) is 12.0 Å². The number of piperidine rings is 2. The molecular formula is C26H31F2N3. The molecule has 2 aliphatic heterocycles. The molecule has 0 amide bonds. The van der Waals surface area contributed by atoms with E-state index in [9.17, 15) is 8.78 Å². The number of nitrogens with zero attached hydrogens (tertiary/aromatic N) is 1. The molecule has 2 aromatic carbocycles. The van der Waals surface area contributed by atoms with Gasteiger partial charge in [0.25, 0.3) is 0 Å². The number of fused-ring (bicyclic) bond motifs is 1. The van der Waals surface area contributed by atoms with Crippen LogP contribution in [0.4, 0.5) is 8.78 Å². The maximum Gasteiger partial charge on any atom is 0.125 e. The summed E-state index contributed by atoms with van der Waals surface area (Å²) in [4.78, 5) is 6.05. The summed E-state index contributed by atoms with van der Waals surface area (Å²) in [5, 5.41) is 4.35. The van der Waals surface area contributed by atoms with Crippen molar-refractivity contribution in [2.45, 2.75) is 43.7 Å². The minimum Gasteiger partial charge on any atom is -0.358 e. The lowest BCUT2D eigenvalue weighted by molar-refractivity contribution is 0.208. The lowest BCUT2D eigenvalue weighted by atomic mass is 9.82. The van der Waals surface area contributed by atoms with Gasteiger partial charge in [0, 0.05) is 41.5 Å². The standard InChI is InChI=1S/C26H31F2N3/c27-20-6-7-21-24(16-20)30-26(25(21)22-17-29-12-8-23(22)28)19-10-14-31(15-11-19)13-9-18-4-2-1-3-5-18/h1-7,16,19,22-23,29-30H,8-15,17H2/t22?,23-/m1/s1. The number of hydrogen-bond donors (Lipinski definition) is 2. The number of likely N-dealkylation sites (tertiary alicyclic amines) is 1. The zero-order valence-corrected chi connectivity index (χ0v) is 17.9. The Kier molecular flexibility index (Phi) is 6.06. The summed E-state index contributed by atoms with van der Waals surface area (Å²) in [5.74, 6) is -0.0483. The Morgan fingerprint density at radius 3 is 2.58 bits per heavy atom. The number of aromatic nitrogens is 1. The third kappa shape index (κ3) is 4.39. The topological polar surface area (TPSA) is 31.1 Å². The third-order valence-corrected chi connectivity index (χ3v) is 7.16. The molecule has 5 heteroatoms. The van der Waals surface area contributed by atoms with E-state index in [0.29, 0.717) is 18.9 Å². The highest BCUT2D eigenvalue weighted by atomic mass is 19.1. The second-order valence-corrected chi connectivity index (χ2v) is 9.11. The molecular weight excluding hydrogens is 392 g/mol. The maximum absolute atomic E-state index is 15.0. The van der Waals surface area contributed by atoms with Crippen LogP contribution in [0.5, 0.6) is 0 Å². The first-order valence-corrected chi connectivity index (χ1v) is 11.6. The van der Waals surface area contributed by atoms with Gasteiger partial charge in [0.2, 0.25) is 0 Å². The van der Waals surface area contributed by atoms with Gasteiger partial charge in [-0.25, -0.2) is 8.78 Å². The van der Waals surface area contributed by atoms with Gasteiger partial charge in [-0.15, -0.1) is 0 Å². The average molecular weight is 424 g/mol. The molecule has 3 heterocycles. The largest absolute Gasteiger partial charge is 0.358 e. The van der Waals surface area contributed by atoms with Crippen LogP contribution >= 0.6 is 0 Å². The van der Waals surface area contributed by atoms with Gasteiger partial charge in [0.15, 0.2) is 0 Å². The Balaban J connectivity index is 1.34. The van der Waals surface area contributed by atoms with E-state index in [1.165, 1.54) is 11.6 Å². The highest BCUT2D eigenvalue weighted by molar-refractivity contribution is 5.85. The second kappa shape index (κ2) is 9.09. The van der Waals surface area contributed by atoms with Gasteiger partial charge in [-0.3, -0.25) is 0 Å². The fraction of sp³-hybridized carbons (Fsp3) is 0.462. The van der Waals surface area contributed by atoms with Crippen LogP contribution in [0.15, 0.2) is 48.5 Å². The molecule has 0 spiro atoms. The van der Waals surface area contributed by atoms with E-state index in [1.54, 1.807) is 6.07 Å². The summed E-state index contributed by atoms with van der Waals surface area (Å²) in [6, 6.07) is 15.5. The third-order valence-electron chi connectivity index (χ3n) is 7.16. The lowest BCUT2D eigenvalue weighted by Crippen LogP contribution is -2.37. The molecule has 0 saturated carbocycles. The zero-order chi connectivity index (χ0) is 21.2. The van der Waals surface area contributed by atoms with Crippen LogP contribution in [-0.2, 0) is 6.42 Å². The highest BCUT2D eigenvalue weighted by Gasteiger charge is 2.33. The van der Waals surface area contributed by atoms with E-state index in [2.05, 4.69) is 45.5 Å². The molecule has 31 heavy (non-hydrogen) atoms. The number of hydrogen-bond acceptors (Lipinski definition) is 2. The van der Waals surface area contributed by atoms with Crippen molar-refractivity contribution >= 4 is 10.9 Å². The molecule has 3 aromatic rings. The Morgan fingerprint density at radius 1 is 1.00 bits per heavy atom. The Hall–Kier alpha value is -2.24. The molecule has 2 fully saturated rings. The average Bonchev–Trinajstić information content (AvgIpc) is 3.17. The molecule has 3 nitrogen and oxygen atoms in total. The number of nitrogens with one attached hydrogen (secondary N) is 2. The predicted octanol–water partition coefficient (Wildman–Crippen LogP) is 5.14. The van der Waals surface area contributed by atoms with E-state index >= 15 is 0 Å². The summed E-state index contributed by atoms with van der Waals surface area (Å²) < 4.78 is 28.9. The number of rotatable bonds is 5. The van der Waals surface area contributed by atoms with E-state index < -0.39 is 6.17 Å². The molecule has 0 bridgehead atoms. The van der Waals surface area contributed by atoms with Crippen molar-refractivity contribution in [3.05, 3.63) is 71.2 Å². The van der Waals surface area contributed by atoms with Crippen molar-refractivity contribution in [1.29, 1.82) is 0 Å². The molecule has 1 aromatic heterocycles. The lowest BCUT2D eigenvalue weighted by Gasteiger charge is -2.34. The first-order valence-electron chi connectivity index (χ1n) is 11.6. The van der Waals surface area contributed by atoms with E-state index in [0.717, 1.165) is 67.6 Å². The molecule has 0 aliphatic carbocycles. The number of H-pyrrole nitrogens is 1. The summed E-state index contributed by atoms with van der Waals surface area (Å²) in [6.45, 7) is 4.53. The van der Waals surface area contributed by atoms with Crippen molar-refractivity contribution in [2.24, 2.45) is 0 Å². The van der Waals surface area contributed by atoms with Crippen LogP contribution in [0.1, 0.15) is 47.9 Å². The Labute approximate surface area is 182 Å². The van der Waals surface area contributed by atoms with E-state index in [4.69, 9.17) is 0 Å². The van der Waals surface area contributed by atoms with Gasteiger partial charge in [-0.05, 0) is 74.6 Å². The number of benzene rings is 2. The minimum absolute atomic E-state index is 0.168. The van der Waals surface area contributed by atoms with Crippen LogP contribution < -0.4 is 5.32 Å². The number of aromatic amines is 1. The smallest absolute Gasteiger partial charge is 0.125 e. The van der Waals surface area contributed by atoms with Crippen LogP contribution in [0.25, 0.3) is 10.9 Å². The molecule has 2 atom stereocenters. The van der Waals surface area contributed by atoms with Gasteiger partial charge in [-0.2, -0.15) is 0 Å². The molecule has 2 aliphatic rings. The van der Waals surface area contributed by atoms with Crippen molar-refractivity contribution in [3.8, 4) is 0 Å². The summed E-state index contributed by atoms with van der Waals surface area (Å²) in [7, 11) is 0. The fourth-order valence-corrected chi connectivity index (χ4v) is 5.42. The van der Waals surface area contributed by atoms with Gasteiger partial charge < -0.3 is 15.2 Å². The quantitative estimate of drug-likeness (QED) is 0.595. The molecule has 5 rings (SSSR count). The summed E-state index contributed by atoms with van der Waals surface area (Å²) >= 11 is 0. The Morgan fingerprint density at radius 2 is 1.81 bits per heavy atom. The van der Waals surface area contributed by atoms with Crippen molar-refractivity contribution in [2.75, 3.05) is 32.7 Å². The SMILES string of the molecule is Fc1ccc2c(C3CNCC[C@H]3F)c(C3CCN(CCc4ccccc4)CC3)[nH]c2c1. The molecule has 2 saturated heterocycles. The second-order valence-electron chi connectivity index (χ2n) is 9.11. The summed E-state index contributed by atoms with van der Waals surface area (Å²) in [5.41, 5.74) is 4.40. The first-order chi connectivity index (χ1) is 15.2. The molecule has 0 radical (unpaired) electrons. The minimum atomic E-state index is -0.852. The van der Waals surface area contributed by atoms with Crippen LogP contribution in [0.3, 0.4) is 0 Å². The Bertz CT molecular complexity index is 1010. The normalized spacial score (nSPS) is 23.4. The maximum atomic E-state index is 15.0. The number of alkyl halides is 1. The van der Waals surface area contributed by atoms with E-state index in [1.807, 2.05) is 6.07 Å². The molecule has 164 valence electrons. The monoisotopic (exact) mass is 423 g/mol. The van der Waals surface area contributed by atoms with Gasteiger partial charge in [0.05, 0.1) is 0 Å².